The van der Waals surface area contributed by atoms with Gasteiger partial charge in [-0.2, -0.15) is 0 Å². The molecular formula is C26H27N2O3PSe. The minimum atomic E-state index is -1.83. The number of para-hydroxylation sites is 4. The molecule has 0 saturated carbocycles. The van der Waals surface area contributed by atoms with E-state index in [0.717, 1.165) is 40.4 Å². The van der Waals surface area contributed by atoms with Crippen LogP contribution in [0.5, 0.6) is 11.5 Å². The first-order valence-corrected chi connectivity index (χ1v) is 15.5. The fraction of sp³-hybridized carbons (Fsp3) is 0.231. The average molecular weight is 525 g/mol. The molecule has 0 bridgehead atoms. The van der Waals surface area contributed by atoms with E-state index in [0.29, 0.717) is 25.7 Å². The molecule has 0 N–H and O–H groups in total. The van der Waals surface area contributed by atoms with Gasteiger partial charge in [0.15, 0.2) is 0 Å². The van der Waals surface area contributed by atoms with Crippen LogP contribution in [0.4, 0.5) is 11.4 Å². The summed E-state index contributed by atoms with van der Waals surface area (Å²) in [4.78, 5) is 9.44. The molecule has 170 valence electrons. The van der Waals surface area contributed by atoms with Crippen molar-refractivity contribution in [3.8, 4) is 11.5 Å². The van der Waals surface area contributed by atoms with E-state index in [-0.39, 0.29) is 0 Å². The van der Waals surface area contributed by atoms with Crippen molar-refractivity contribution in [3.63, 3.8) is 0 Å². The number of aliphatic imine (C=N–C) groups is 2. The summed E-state index contributed by atoms with van der Waals surface area (Å²) >= 11 is 3.39. The van der Waals surface area contributed by atoms with E-state index in [1.165, 1.54) is 0 Å². The predicted octanol–water partition coefficient (Wildman–Crippen LogP) is 6.36. The maximum absolute atomic E-state index is 6.32. The van der Waals surface area contributed by atoms with Crippen LogP contribution in [0.3, 0.4) is 0 Å². The Bertz CT molecular complexity index is 1110. The summed E-state index contributed by atoms with van der Waals surface area (Å²) < 4.78 is 18.6. The van der Waals surface area contributed by atoms with E-state index in [9.17, 15) is 0 Å². The number of hydrogen-bond donors (Lipinski definition) is 0. The molecule has 0 fully saturated rings. The molecule has 1 aliphatic heterocycles. The summed E-state index contributed by atoms with van der Waals surface area (Å²) in [5, 5.41) is 0. The van der Waals surface area contributed by atoms with E-state index in [2.05, 4.69) is 22.0 Å². The van der Waals surface area contributed by atoms with Gasteiger partial charge >= 0.3 is 203 Å². The number of rotatable bonds is 4. The van der Waals surface area contributed by atoms with Gasteiger partial charge in [-0.05, 0) is 0 Å². The molecule has 0 atom stereocenters. The molecule has 5 nitrogen and oxygen atoms in total. The van der Waals surface area contributed by atoms with Crippen molar-refractivity contribution in [2.45, 2.75) is 13.3 Å². The first kappa shape index (κ1) is 23.7. The zero-order valence-corrected chi connectivity index (χ0v) is 21.2. The van der Waals surface area contributed by atoms with Gasteiger partial charge in [-0.25, -0.2) is 0 Å². The molecule has 7 heteroatoms. The van der Waals surface area contributed by atoms with Crippen LogP contribution in [0, 0.1) is 0 Å². The van der Waals surface area contributed by atoms with Crippen molar-refractivity contribution in [3.05, 3.63) is 83.9 Å². The molecule has 33 heavy (non-hydrogen) atoms. The van der Waals surface area contributed by atoms with Gasteiger partial charge in [-0.15, -0.1) is 0 Å². The Balaban J connectivity index is 1.74. The monoisotopic (exact) mass is 526 g/mol. The van der Waals surface area contributed by atoms with Crippen LogP contribution in [0.1, 0.15) is 24.5 Å². The molecule has 3 aromatic rings. The number of benzene rings is 3. The molecule has 1 aliphatic rings. The van der Waals surface area contributed by atoms with Crippen LogP contribution in [0.2, 0.25) is 0 Å². The first-order valence-electron chi connectivity index (χ1n) is 10.9. The summed E-state index contributed by atoms with van der Waals surface area (Å²) in [5.74, 6) is 1.57. The third kappa shape index (κ3) is 6.52. The van der Waals surface area contributed by atoms with Crippen LogP contribution in [-0.4, -0.2) is 53.2 Å². The van der Waals surface area contributed by atoms with Crippen LogP contribution in [0.25, 0.3) is 0 Å². The molecule has 1 heterocycles. The van der Waals surface area contributed by atoms with Gasteiger partial charge in [0.1, 0.15) is 0 Å². The Kier molecular flexibility index (Phi) is 8.30. The third-order valence-corrected chi connectivity index (χ3v) is 8.83. The maximum atomic E-state index is 6.32. The van der Waals surface area contributed by atoms with Gasteiger partial charge < -0.3 is 0 Å². The fourth-order valence-electron chi connectivity index (χ4n) is 3.26. The summed E-state index contributed by atoms with van der Waals surface area (Å²) in [6, 6.07) is 23.7. The number of ether oxygens (including phenoxy) is 3. The van der Waals surface area contributed by atoms with Gasteiger partial charge in [-0.3, -0.25) is 0 Å². The molecular weight excluding hydrogens is 498 g/mol. The summed E-state index contributed by atoms with van der Waals surface area (Å²) in [6.45, 7) is 2.82. The molecule has 4 rings (SSSR count). The SMILES string of the molecule is CCCOCP1(=[Se])COc2ccccc2C=Nc2ccccc2N=Cc2ccccc2OC1. The van der Waals surface area contributed by atoms with E-state index >= 15 is 0 Å². The second-order valence-corrected chi connectivity index (χ2v) is 15.5. The first-order chi connectivity index (χ1) is 16.2. The van der Waals surface area contributed by atoms with Gasteiger partial charge in [0.25, 0.3) is 0 Å². The van der Waals surface area contributed by atoms with Crippen molar-refractivity contribution in [1.82, 2.24) is 0 Å². The Morgan fingerprint density at radius 2 is 1.27 bits per heavy atom. The van der Waals surface area contributed by atoms with Crippen molar-refractivity contribution < 1.29 is 14.2 Å². The van der Waals surface area contributed by atoms with E-state index in [4.69, 9.17) is 24.2 Å². The third-order valence-electron chi connectivity index (χ3n) is 4.99. The molecule has 0 amide bonds. The zero-order chi connectivity index (χ0) is 22.9. The van der Waals surface area contributed by atoms with Gasteiger partial charge in [-0.1, -0.05) is 0 Å². The second kappa shape index (κ2) is 11.6. The Morgan fingerprint density at radius 1 is 0.788 bits per heavy atom. The van der Waals surface area contributed by atoms with Crippen molar-refractivity contribution in [2.24, 2.45) is 9.98 Å². The quantitative estimate of drug-likeness (QED) is 0.226. The van der Waals surface area contributed by atoms with Gasteiger partial charge in [0.05, 0.1) is 0 Å². The molecule has 0 aliphatic carbocycles. The standard InChI is InChI=1S/C26H27N2O3PSe/c1-2-15-29-18-32(33)19-30-25-13-7-3-9-21(25)16-27-23-11-5-6-12-24(23)28-17-22-10-4-8-14-26(22)31-20-32/h3-14,16-17H,2,15,18-20H2,1H3. The Morgan fingerprint density at radius 3 is 1.79 bits per heavy atom. The molecule has 0 unspecified atom stereocenters. The van der Waals surface area contributed by atoms with E-state index < -0.39 is 5.51 Å². The summed E-state index contributed by atoms with van der Waals surface area (Å²) in [6.07, 6.45) is 6.25. The fourth-order valence-corrected chi connectivity index (χ4v) is 5.83. The molecule has 0 saturated heterocycles. The van der Waals surface area contributed by atoms with E-state index in [1.54, 1.807) is 0 Å². The van der Waals surface area contributed by atoms with Crippen LogP contribution >= 0.6 is 5.51 Å². The predicted molar refractivity (Wildman–Crippen MR) is 139 cm³/mol. The van der Waals surface area contributed by atoms with Gasteiger partial charge in [0, 0.05) is 0 Å². The van der Waals surface area contributed by atoms with Crippen LogP contribution in [0.15, 0.2) is 82.8 Å². The number of fused-ring (bicyclic) bond motifs is 3. The Labute approximate surface area is 202 Å². The second-order valence-electron chi connectivity index (χ2n) is 7.72. The normalized spacial score (nSPS) is 18.0. The van der Waals surface area contributed by atoms with Crippen molar-refractivity contribution in [1.29, 1.82) is 0 Å². The molecule has 0 spiro atoms. The number of hydrogen-bond acceptors (Lipinski definition) is 5. The molecule has 3 aromatic carbocycles. The summed E-state index contributed by atoms with van der Waals surface area (Å²) in [5.41, 5.74) is 1.57. The van der Waals surface area contributed by atoms with Gasteiger partial charge in [0.2, 0.25) is 0 Å². The van der Waals surface area contributed by atoms with Crippen molar-refractivity contribution >= 4 is 44.4 Å². The molecule has 0 radical (unpaired) electrons. The zero-order valence-electron chi connectivity index (χ0n) is 18.6. The van der Waals surface area contributed by atoms with Crippen molar-refractivity contribution in [2.75, 3.05) is 25.7 Å². The summed E-state index contributed by atoms with van der Waals surface area (Å²) in [7, 11) is 0. The Hall–Kier alpha value is -2.49. The van der Waals surface area contributed by atoms with Crippen LogP contribution < -0.4 is 9.47 Å². The average Bonchev–Trinajstić information content (AvgIpc) is 2.85. The van der Waals surface area contributed by atoms with Crippen LogP contribution in [-0.2, 0) is 4.74 Å². The minimum absolute atomic E-state index is 0.508. The topological polar surface area (TPSA) is 52.4 Å². The number of nitrogens with zero attached hydrogens (tertiary/aromatic N) is 2. The molecule has 0 aromatic heterocycles. The van der Waals surface area contributed by atoms with E-state index in [1.807, 2.05) is 85.2 Å².